The molecule has 3 fully saturated rings. The summed E-state index contributed by atoms with van der Waals surface area (Å²) < 4.78 is 7.96. The lowest BCUT2D eigenvalue weighted by Crippen LogP contribution is -2.52. The molecule has 3 saturated heterocycles. The van der Waals surface area contributed by atoms with Gasteiger partial charge in [0.25, 0.3) is 5.91 Å². The number of fused-ring (bicyclic) bond motifs is 2. The summed E-state index contributed by atoms with van der Waals surface area (Å²) in [4.78, 5) is 68.4. The largest absolute Gasteiger partial charge is 0.457 e. The van der Waals surface area contributed by atoms with Crippen LogP contribution in [0.5, 0.6) is 11.5 Å². The number of para-hydroxylation sites is 1. The Balaban J connectivity index is 0.658. The second-order valence-electron chi connectivity index (χ2n) is 18.0. The molecule has 0 radical (unpaired) electrons. The molecule has 9 rings (SSSR count). The summed E-state index contributed by atoms with van der Waals surface area (Å²) in [5.74, 6) is 1.26. The average Bonchev–Trinajstić information content (AvgIpc) is 3.90. The molecule has 4 aliphatic rings. The van der Waals surface area contributed by atoms with Gasteiger partial charge in [-0.25, -0.2) is 14.6 Å². The lowest BCUT2D eigenvalue weighted by Gasteiger charge is -2.35. The van der Waals surface area contributed by atoms with Crippen LogP contribution in [0.3, 0.4) is 0 Å². The van der Waals surface area contributed by atoms with E-state index in [4.69, 9.17) is 15.6 Å². The Labute approximate surface area is 385 Å². The number of carbonyl (C=O) groups excluding carboxylic acids is 4. The highest BCUT2D eigenvalue weighted by molar-refractivity contribution is 6.06. The van der Waals surface area contributed by atoms with Crippen LogP contribution in [0.1, 0.15) is 92.6 Å². The van der Waals surface area contributed by atoms with Crippen molar-refractivity contribution >= 4 is 46.2 Å². The van der Waals surface area contributed by atoms with Crippen LogP contribution in [0.25, 0.3) is 22.3 Å². The maximum absolute atomic E-state index is 13.6. The molecule has 6 heterocycles. The number of nitrogens with two attached hydrogens (primary N) is 1. The first-order valence-electron chi connectivity index (χ1n) is 23.8. The van der Waals surface area contributed by atoms with Crippen molar-refractivity contribution < 1.29 is 23.9 Å². The van der Waals surface area contributed by atoms with Crippen molar-refractivity contribution in [2.75, 3.05) is 70.0 Å². The molecule has 4 N–H and O–H groups in total. The standard InChI is InChI=1S/C50H61N11O5/c51-47-45-46(35-18-20-38(21-19-35)66-37-13-5-4-6-14-37)56-61(48(45)54-34-53-47)36-12-10-27-59(32-36)44(63)17-11-26-58-30-28-57(29-31-58)25-8-3-1-2-7-24-52-41-16-9-15-39-40(41)33-60(50(39)65)42-22-23-43(62)55-49(42)64/h4-6,9,13-16,18-21,34,36,42,52H,1-3,7-8,10-12,17,22-33H2,(H2,51,53,54)(H,55,62,64). The molecule has 5 aromatic rings. The number of carbonyl (C=O) groups is 4. The van der Waals surface area contributed by atoms with Gasteiger partial charge in [0.2, 0.25) is 17.7 Å². The third-order valence-corrected chi connectivity index (χ3v) is 13.6. The molecule has 0 bridgehead atoms. The van der Waals surface area contributed by atoms with Crippen molar-refractivity contribution in [3.05, 3.63) is 90.3 Å². The molecular weight excluding hydrogens is 835 g/mol. The van der Waals surface area contributed by atoms with Crippen LogP contribution < -0.4 is 21.1 Å². The van der Waals surface area contributed by atoms with E-state index in [2.05, 4.69) is 30.4 Å². The zero-order valence-corrected chi connectivity index (χ0v) is 37.7. The number of anilines is 2. The third kappa shape index (κ3) is 10.3. The van der Waals surface area contributed by atoms with Crippen molar-refractivity contribution in [3.8, 4) is 22.8 Å². The van der Waals surface area contributed by atoms with Crippen molar-refractivity contribution in [2.24, 2.45) is 0 Å². The second kappa shape index (κ2) is 20.8. The summed E-state index contributed by atoms with van der Waals surface area (Å²) in [5.41, 5.74) is 11.2. The minimum Gasteiger partial charge on any atom is -0.457 e. The zero-order chi connectivity index (χ0) is 45.4. The molecule has 4 aliphatic heterocycles. The van der Waals surface area contributed by atoms with Crippen LogP contribution in [0.4, 0.5) is 11.5 Å². The van der Waals surface area contributed by atoms with Crippen molar-refractivity contribution in [2.45, 2.75) is 89.3 Å². The summed E-state index contributed by atoms with van der Waals surface area (Å²) in [7, 11) is 0. The second-order valence-corrected chi connectivity index (χ2v) is 18.0. The Morgan fingerprint density at radius 3 is 2.33 bits per heavy atom. The van der Waals surface area contributed by atoms with Gasteiger partial charge >= 0.3 is 0 Å². The molecule has 16 nitrogen and oxygen atoms in total. The Kier molecular flexibility index (Phi) is 14.1. The number of rotatable bonds is 18. The minimum absolute atomic E-state index is 0.0168. The lowest BCUT2D eigenvalue weighted by molar-refractivity contribution is -0.137. The maximum Gasteiger partial charge on any atom is 0.255 e. The number of benzene rings is 3. The van der Waals surface area contributed by atoms with E-state index < -0.39 is 6.04 Å². The Hall–Kier alpha value is -6.39. The Morgan fingerprint density at radius 1 is 0.803 bits per heavy atom. The van der Waals surface area contributed by atoms with Crippen LogP contribution >= 0.6 is 0 Å². The molecule has 0 aliphatic carbocycles. The fourth-order valence-electron chi connectivity index (χ4n) is 9.95. The predicted molar refractivity (Wildman–Crippen MR) is 253 cm³/mol. The Bertz CT molecular complexity index is 2510. The monoisotopic (exact) mass is 895 g/mol. The molecule has 16 heteroatoms. The van der Waals surface area contributed by atoms with Gasteiger partial charge in [-0.15, -0.1) is 0 Å². The fourth-order valence-corrected chi connectivity index (χ4v) is 9.95. The van der Waals surface area contributed by atoms with Crippen molar-refractivity contribution in [1.29, 1.82) is 0 Å². The number of nitrogen functional groups attached to an aromatic ring is 1. The number of imide groups is 1. The zero-order valence-electron chi connectivity index (χ0n) is 37.7. The number of amides is 4. The first-order chi connectivity index (χ1) is 32.3. The molecule has 2 unspecified atom stereocenters. The molecule has 3 aromatic carbocycles. The van der Waals surface area contributed by atoms with Gasteiger partial charge < -0.3 is 35.4 Å². The summed E-state index contributed by atoms with van der Waals surface area (Å²) in [6, 6.07) is 22.6. The first-order valence-corrected chi connectivity index (χ1v) is 23.8. The number of piperidine rings is 2. The van der Waals surface area contributed by atoms with E-state index in [9.17, 15) is 19.2 Å². The smallest absolute Gasteiger partial charge is 0.255 e. The van der Waals surface area contributed by atoms with E-state index in [0.29, 0.717) is 43.0 Å². The van der Waals surface area contributed by atoms with E-state index >= 15 is 0 Å². The number of unbranched alkanes of at least 4 members (excludes halogenated alkanes) is 4. The van der Waals surface area contributed by atoms with Gasteiger partial charge in [0.15, 0.2) is 5.65 Å². The van der Waals surface area contributed by atoms with Crippen LogP contribution in [-0.4, -0.2) is 128 Å². The van der Waals surface area contributed by atoms with E-state index in [0.717, 1.165) is 124 Å². The number of piperazine rings is 1. The number of likely N-dealkylation sites (tertiary alicyclic amines) is 1. The highest BCUT2D eigenvalue weighted by Gasteiger charge is 2.40. The maximum atomic E-state index is 13.6. The quantitative estimate of drug-likeness (QED) is 0.0665. The molecule has 4 amide bonds. The molecular formula is C50H61N11O5. The van der Waals surface area contributed by atoms with Gasteiger partial charge in [0.05, 0.1) is 11.4 Å². The van der Waals surface area contributed by atoms with Crippen LogP contribution in [0.15, 0.2) is 79.1 Å². The normalized spacial score (nSPS) is 19.3. The lowest BCUT2D eigenvalue weighted by atomic mass is 10.0. The summed E-state index contributed by atoms with van der Waals surface area (Å²) >= 11 is 0. The van der Waals surface area contributed by atoms with Crippen LogP contribution in [-0.2, 0) is 20.9 Å². The van der Waals surface area contributed by atoms with Gasteiger partial charge in [-0.3, -0.25) is 24.5 Å². The average molecular weight is 896 g/mol. The molecule has 2 atom stereocenters. The van der Waals surface area contributed by atoms with E-state index in [1.165, 1.54) is 25.6 Å². The third-order valence-electron chi connectivity index (χ3n) is 13.6. The summed E-state index contributed by atoms with van der Waals surface area (Å²) in [6.07, 6.45) is 11.0. The molecule has 66 heavy (non-hydrogen) atoms. The highest BCUT2D eigenvalue weighted by Crippen LogP contribution is 2.36. The van der Waals surface area contributed by atoms with Crippen molar-refractivity contribution in [3.63, 3.8) is 0 Å². The number of ether oxygens (including phenoxy) is 1. The minimum atomic E-state index is -0.605. The van der Waals surface area contributed by atoms with E-state index in [1.807, 2.05) is 82.4 Å². The molecule has 0 spiro atoms. The van der Waals surface area contributed by atoms with Gasteiger partial charge in [-0.2, -0.15) is 5.10 Å². The molecule has 2 aromatic heterocycles. The summed E-state index contributed by atoms with van der Waals surface area (Å²) in [6.45, 7) is 8.81. The van der Waals surface area contributed by atoms with E-state index in [1.54, 1.807) is 4.90 Å². The van der Waals surface area contributed by atoms with Crippen molar-refractivity contribution in [1.82, 2.24) is 44.7 Å². The van der Waals surface area contributed by atoms with Gasteiger partial charge in [-0.1, -0.05) is 43.5 Å². The van der Waals surface area contributed by atoms with Gasteiger partial charge in [-0.05, 0) is 100 Å². The molecule has 346 valence electrons. The molecule has 0 saturated carbocycles. The SMILES string of the molecule is Nc1ncnc2c1c(-c1ccc(Oc3ccccc3)cc1)nn2C1CCCN(C(=O)CCCN2CCN(CCCCCCCNc3cccc4c3CN(C3CCC(=O)NC3=O)C4=O)CC2)C1. The fraction of sp³-hybridized carbons (Fsp3) is 0.460. The van der Waals surface area contributed by atoms with E-state index in [-0.39, 0.29) is 36.1 Å². The van der Waals surface area contributed by atoms with Crippen LogP contribution in [0.2, 0.25) is 0 Å². The number of nitrogens with one attached hydrogen (secondary N) is 2. The summed E-state index contributed by atoms with van der Waals surface area (Å²) in [5, 5.41) is 11.7. The number of aromatic nitrogens is 4. The highest BCUT2D eigenvalue weighted by atomic mass is 16.5. The van der Waals surface area contributed by atoms with Gasteiger partial charge in [0, 0.05) is 87.6 Å². The predicted octanol–water partition coefficient (Wildman–Crippen LogP) is 6.25. The number of nitrogens with zero attached hydrogens (tertiary/aromatic N) is 8. The van der Waals surface area contributed by atoms with Crippen LogP contribution in [0, 0.1) is 0 Å². The first kappa shape index (κ1) is 44.8. The van der Waals surface area contributed by atoms with Gasteiger partial charge in [0.1, 0.15) is 35.4 Å². The topological polar surface area (TPSA) is 184 Å². The number of hydrogen-bond donors (Lipinski definition) is 3. The number of hydrogen-bond acceptors (Lipinski definition) is 12. The Morgan fingerprint density at radius 2 is 1.55 bits per heavy atom.